The molecule has 2 amide bonds. The lowest BCUT2D eigenvalue weighted by Gasteiger charge is -2.06. The molecule has 0 unspecified atom stereocenters. The number of fused-ring (bicyclic) bond motifs is 1. The molecule has 0 radical (unpaired) electrons. The number of benzene rings is 2. The van der Waals surface area contributed by atoms with Gasteiger partial charge in [-0.3, -0.25) is 14.8 Å². The van der Waals surface area contributed by atoms with E-state index in [1.807, 2.05) is 36.4 Å². The quantitative estimate of drug-likeness (QED) is 0.468. The van der Waals surface area contributed by atoms with E-state index < -0.39 is 5.91 Å². The van der Waals surface area contributed by atoms with E-state index >= 15 is 0 Å². The largest absolute Gasteiger partial charge is 0.367 e. The van der Waals surface area contributed by atoms with Gasteiger partial charge in [0.05, 0.1) is 11.5 Å². The highest BCUT2D eigenvalue weighted by Gasteiger charge is 2.10. The summed E-state index contributed by atoms with van der Waals surface area (Å²) in [5, 5.41) is 12.3. The Morgan fingerprint density at radius 1 is 1.08 bits per heavy atom. The lowest BCUT2D eigenvalue weighted by atomic mass is 10.2. The van der Waals surface area contributed by atoms with Gasteiger partial charge in [-0.15, -0.1) is 11.3 Å². The van der Waals surface area contributed by atoms with E-state index in [4.69, 9.17) is 9.94 Å². The van der Waals surface area contributed by atoms with Crippen molar-refractivity contribution >= 4 is 38.9 Å². The summed E-state index contributed by atoms with van der Waals surface area (Å²) in [5.74, 6) is -0.806. The van der Waals surface area contributed by atoms with E-state index in [1.165, 1.54) is 11.3 Å². The molecule has 3 rings (SSSR count). The first-order valence-corrected chi connectivity index (χ1v) is 8.37. The summed E-state index contributed by atoms with van der Waals surface area (Å²) in [6.45, 7) is 0.326. The molecule has 0 aliphatic heterocycles. The van der Waals surface area contributed by atoms with E-state index in [0.29, 0.717) is 17.2 Å². The summed E-state index contributed by atoms with van der Waals surface area (Å²) in [5.41, 5.74) is 3.24. The molecular formula is C18H16N2O4S. The minimum atomic E-state index is -0.555. The maximum Gasteiger partial charge on any atom is 0.284 e. The van der Waals surface area contributed by atoms with Gasteiger partial charge in [0.2, 0.25) is 5.91 Å². The van der Waals surface area contributed by atoms with Crippen molar-refractivity contribution in [3.8, 4) is 0 Å². The molecule has 25 heavy (non-hydrogen) atoms. The Morgan fingerprint density at radius 3 is 2.64 bits per heavy atom. The molecule has 1 heterocycles. The summed E-state index contributed by atoms with van der Waals surface area (Å²) in [4.78, 5) is 23.8. The van der Waals surface area contributed by atoms with Crippen molar-refractivity contribution in [1.29, 1.82) is 0 Å². The van der Waals surface area contributed by atoms with Gasteiger partial charge < -0.3 is 10.1 Å². The third kappa shape index (κ3) is 4.42. The number of ether oxygens (including phenoxy) is 1. The van der Waals surface area contributed by atoms with Gasteiger partial charge in [0.15, 0.2) is 0 Å². The van der Waals surface area contributed by atoms with E-state index in [1.54, 1.807) is 23.7 Å². The highest BCUT2D eigenvalue weighted by Crippen LogP contribution is 2.28. The summed E-state index contributed by atoms with van der Waals surface area (Å²) >= 11 is 1.26. The first kappa shape index (κ1) is 17.1. The molecule has 3 N–H and O–H groups in total. The monoisotopic (exact) mass is 356 g/mol. The second-order valence-electron chi connectivity index (χ2n) is 5.33. The standard InChI is InChI=1S/C18H16N2O4S/c21-17(11-24-10-12-4-2-1-3-5-12)19-14-6-7-15-13(8-14)9-16(25-15)18(22)20-23/h1-9,23H,10-11H2,(H,19,21)(H,20,22). The van der Waals surface area contributed by atoms with E-state index in [9.17, 15) is 9.59 Å². The Bertz CT molecular complexity index is 892. The van der Waals surface area contributed by atoms with E-state index in [-0.39, 0.29) is 12.5 Å². The zero-order valence-electron chi connectivity index (χ0n) is 13.2. The van der Waals surface area contributed by atoms with Crippen molar-refractivity contribution < 1.29 is 19.5 Å². The van der Waals surface area contributed by atoms with Crippen LogP contribution in [0, 0.1) is 0 Å². The normalized spacial score (nSPS) is 10.6. The molecule has 3 aromatic rings. The van der Waals surface area contributed by atoms with Gasteiger partial charge in [0, 0.05) is 10.4 Å². The molecule has 128 valence electrons. The molecule has 6 nitrogen and oxygen atoms in total. The zero-order valence-corrected chi connectivity index (χ0v) is 14.0. The summed E-state index contributed by atoms with van der Waals surface area (Å²) in [6.07, 6.45) is 0. The Labute approximate surface area is 148 Å². The van der Waals surface area contributed by atoms with Gasteiger partial charge in [-0.2, -0.15) is 0 Å². The number of hydrogen-bond acceptors (Lipinski definition) is 5. The molecule has 1 aromatic heterocycles. The average molecular weight is 356 g/mol. The first-order chi connectivity index (χ1) is 12.2. The molecule has 0 aliphatic rings. The van der Waals surface area contributed by atoms with Crippen molar-refractivity contribution in [3.63, 3.8) is 0 Å². The van der Waals surface area contributed by atoms with Crippen LogP contribution in [0.4, 0.5) is 5.69 Å². The summed E-state index contributed by atoms with van der Waals surface area (Å²) in [6, 6.07) is 16.6. The maximum absolute atomic E-state index is 12.0. The molecule has 0 saturated heterocycles. The highest BCUT2D eigenvalue weighted by atomic mass is 32.1. The summed E-state index contributed by atoms with van der Waals surface area (Å²) < 4.78 is 6.29. The van der Waals surface area contributed by atoms with Crippen LogP contribution >= 0.6 is 11.3 Å². The SMILES string of the molecule is O=C(COCc1ccccc1)Nc1ccc2sc(C(=O)NO)cc2c1. The molecular weight excluding hydrogens is 340 g/mol. The predicted octanol–water partition coefficient (Wildman–Crippen LogP) is 3.18. The zero-order chi connectivity index (χ0) is 17.6. The fourth-order valence-corrected chi connectivity index (χ4v) is 3.25. The molecule has 0 aliphatic carbocycles. The second-order valence-corrected chi connectivity index (χ2v) is 6.41. The number of hydroxylamine groups is 1. The lowest BCUT2D eigenvalue weighted by Crippen LogP contribution is -2.18. The Kier molecular flexibility index (Phi) is 5.39. The smallest absolute Gasteiger partial charge is 0.284 e. The Morgan fingerprint density at radius 2 is 1.88 bits per heavy atom. The Hall–Kier alpha value is -2.74. The number of anilines is 1. The topological polar surface area (TPSA) is 87.7 Å². The molecule has 0 spiro atoms. The van der Waals surface area contributed by atoms with E-state index in [0.717, 1.165) is 15.6 Å². The number of rotatable bonds is 6. The Balaban J connectivity index is 1.58. The third-order valence-electron chi connectivity index (χ3n) is 3.47. The van der Waals surface area contributed by atoms with Crippen molar-refractivity contribution in [1.82, 2.24) is 5.48 Å². The molecule has 0 saturated carbocycles. The van der Waals surface area contributed by atoms with Crippen LogP contribution in [0.2, 0.25) is 0 Å². The number of carbonyl (C=O) groups is 2. The molecule has 0 atom stereocenters. The van der Waals surface area contributed by atoms with Gasteiger partial charge in [-0.25, -0.2) is 5.48 Å². The van der Waals surface area contributed by atoms with Gasteiger partial charge in [-0.05, 0) is 35.2 Å². The summed E-state index contributed by atoms with van der Waals surface area (Å²) in [7, 11) is 0. The van der Waals surface area contributed by atoms with Gasteiger partial charge in [0.25, 0.3) is 5.91 Å². The average Bonchev–Trinajstić information content (AvgIpc) is 3.05. The van der Waals surface area contributed by atoms with Crippen LogP contribution in [0.1, 0.15) is 15.2 Å². The lowest BCUT2D eigenvalue weighted by molar-refractivity contribution is -0.121. The second kappa shape index (κ2) is 7.89. The van der Waals surface area contributed by atoms with Crippen molar-refractivity contribution in [2.24, 2.45) is 0 Å². The minimum absolute atomic E-state index is 0.0469. The van der Waals surface area contributed by atoms with Gasteiger partial charge in [-0.1, -0.05) is 30.3 Å². The van der Waals surface area contributed by atoms with Crippen LogP contribution in [0.25, 0.3) is 10.1 Å². The fraction of sp³-hybridized carbons (Fsp3) is 0.111. The first-order valence-electron chi connectivity index (χ1n) is 7.55. The fourth-order valence-electron chi connectivity index (χ4n) is 2.32. The van der Waals surface area contributed by atoms with Gasteiger partial charge >= 0.3 is 0 Å². The number of carbonyl (C=O) groups excluding carboxylic acids is 2. The van der Waals surface area contributed by atoms with Crippen molar-refractivity contribution in [2.75, 3.05) is 11.9 Å². The van der Waals surface area contributed by atoms with E-state index in [2.05, 4.69) is 5.32 Å². The maximum atomic E-state index is 12.0. The molecule has 7 heteroatoms. The molecule has 0 bridgehead atoms. The highest BCUT2D eigenvalue weighted by molar-refractivity contribution is 7.20. The van der Waals surface area contributed by atoms with Crippen LogP contribution in [0.5, 0.6) is 0 Å². The molecule has 0 fully saturated rings. The van der Waals surface area contributed by atoms with Crippen LogP contribution in [-0.4, -0.2) is 23.6 Å². The van der Waals surface area contributed by atoms with Crippen molar-refractivity contribution in [2.45, 2.75) is 6.61 Å². The molecule has 2 aromatic carbocycles. The van der Waals surface area contributed by atoms with Crippen LogP contribution < -0.4 is 10.8 Å². The van der Waals surface area contributed by atoms with Crippen LogP contribution in [-0.2, 0) is 16.1 Å². The number of thiophene rings is 1. The minimum Gasteiger partial charge on any atom is -0.367 e. The van der Waals surface area contributed by atoms with Crippen LogP contribution in [0.3, 0.4) is 0 Å². The third-order valence-corrected chi connectivity index (χ3v) is 4.58. The number of hydrogen-bond donors (Lipinski definition) is 3. The number of amides is 2. The van der Waals surface area contributed by atoms with Gasteiger partial charge in [0.1, 0.15) is 6.61 Å². The predicted molar refractivity (Wildman–Crippen MR) is 95.8 cm³/mol. The van der Waals surface area contributed by atoms with Crippen LogP contribution in [0.15, 0.2) is 54.6 Å². The van der Waals surface area contributed by atoms with Crippen molar-refractivity contribution in [3.05, 3.63) is 65.0 Å². The number of nitrogens with one attached hydrogen (secondary N) is 2.